The summed E-state index contributed by atoms with van der Waals surface area (Å²) >= 11 is 0. The summed E-state index contributed by atoms with van der Waals surface area (Å²) in [6.45, 7) is 0. The maximum absolute atomic E-state index is 7.24. The predicted molar refractivity (Wildman–Crippen MR) is 409 cm³/mol. The number of fused-ring (bicyclic) bond motifs is 18. The van der Waals surface area contributed by atoms with Crippen LogP contribution < -0.4 is 0 Å². The van der Waals surface area contributed by atoms with Gasteiger partial charge in [0.2, 0.25) is 11.9 Å². The molecular weight excluding hydrogens is 1260 g/mol. The zero-order valence-corrected chi connectivity index (χ0v) is 54.1. The number of benzene rings is 14. The Kier molecular flexibility index (Phi) is 11.9. The van der Waals surface area contributed by atoms with Gasteiger partial charge in [-0.25, -0.2) is 9.97 Å². The summed E-state index contributed by atoms with van der Waals surface area (Å²) in [6.07, 6.45) is 0. The number of furan rings is 4. The standard InChI is InChI=1S/C90H50N8O4/c1-3-21-51(22-4-1)85-91-88(95-89(93-85)97-72-40-11-7-25-57(72)58-26-8-12-41-73(58)97)69-39-19-36-66-64-34-17-32-62(82(64)102-84(66)69)61-31-20-44-78-79(61)67-37-16-30-56(81(67)100-78)53-45-47-75-70(49-53)59-27-9-13-42-74(59)98(75)90-94-86(52-23-5-2-6-24-52)92-87(96-90)68-38-18-35-65-63-33-15-29-55(80(63)101-83(65)68)54-46-48-77-71(50-54)60-28-10-14-43-76(60)99-77/h1-50H. The van der Waals surface area contributed by atoms with Gasteiger partial charge in [-0.05, 0) is 83.4 Å². The van der Waals surface area contributed by atoms with E-state index in [1.807, 2.05) is 97.1 Å². The molecule has 22 rings (SSSR count). The lowest BCUT2D eigenvalue weighted by molar-refractivity contribution is 0.668. The lowest BCUT2D eigenvalue weighted by atomic mass is 9.96. The number of hydrogen-bond acceptors (Lipinski definition) is 10. The second-order valence-corrected chi connectivity index (χ2v) is 26.0. The van der Waals surface area contributed by atoms with Crippen molar-refractivity contribution in [2.45, 2.75) is 0 Å². The van der Waals surface area contributed by atoms with Crippen LogP contribution in [-0.2, 0) is 0 Å². The zero-order valence-electron chi connectivity index (χ0n) is 54.1. The first-order valence-corrected chi connectivity index (χ1v) is 34.0. The SMILES string of the molecule is c1ccc(-c2nc(-c3cccc4c3oc3c(-c5ccc6oc7ccccc7c6c5)cccc34)nc(-n3c4ccccc4c4cc(-c5cccc6c5oc5cccc(-c7cccc8c7oc7c(-c9nc(-c%10ccccc%10)nc(-n%10c%11ccccc%11c%11ccccc%11%10)n9)cccc78)c56)ccc43)n2)cc1. The summed E-state index contributed by atoms with van der Waals surface area (Å²) in [7, 11) is 0. The quantitative estimate of drug-likeness (QED) is 0.137. The van der Waals surface area contributed by atoms with E-state index in [9.17, 15) is 0 Å². The number of para-hydroxylation sites is 9. The fraction of sp³-hybridized carbons (Fsp3) is 0. The van der Waals surface area contributed by atoms with Crippen LogP contribution in [0.15, 0.2) is 321 Å². The van der Waals surface area contributed by atoms with Crippen LogP contribution in [0.3, 0.4) is 0 Å². The van der Waals surface area contributed by atoms with E-state index in [4.69, 9.17) is 47.6 Å². The fourth-order valence-corrected chi connectivity index (χ4v) is 15.7. The lowest BCUT2D eigenvalue weighted by Gasteiger charge is -2.11. The smallest absolute Gasteiger partial charge is 0.238 e. The predicted octanol–water partition coefficient (Wildman–Crippen LogP) is 23.5. The molecule has 474 valence electrons. The van der Waals surface area contributed by atoms with Gasteiger partial charge in [0, 0.05) is 92.5 Å². The highest BCUT2D eigenvalue weighted by Crippen LogP contribution is 2.48. The number of rotatable bonds is 9. The molecule has 0 radical (unpaired) electrons. The minimum absolute atomic E-state index is 0.474. The van der Waals surface area contributed by atoms with E-state index < -0.39 is 0 Å². The van der Waals surface area contributed by atoms with Crippen LogP contribution in [-0.4, -0.2) is 39.0 Å². The van der Waals surface area contributed by atoms with Gasteiger partial charge in [-0.1, -0.05) is 237 Å². The van der Waals surface area contributed by atoms with Crippen molar-refractivity contribution in [3.05, 3.63) is 303 Å². The van der Waals surface area contributed by atoms with Gasteiger partial charge in [0.15, 0.2) is 23.3 Å². The molecule has 102 heavy (non-hydrogen) atoms. The van der Waals surface area contributed by atoms with Crippen molar-refractivity contribution >= 4 is 131 Å². The largest absolute Gasteiger partial charge is 0.456 e. The van der Waals surface area contributed by atoms with Crippen molar-refractivity contribution in [1.29, 1.82) is 0 Å². The molecule has 0 aliphatic carbocycles. The van der Waals surface area contributed by atoms with Gasteiger partial charge in [-0.3, -0.25) is 9.13 Å². The average Bonchev–Trinajstić information content (AvgIpc) is 1.58. The normalized spacial score (nSPS) is 12.1. The second kappa shape index (κ2) is 21.7. The van der Waals surface area contributed by atoms with Crippen molar-refractivity contribution in [3.63, 3.8) is 0 Å². The van der Waals surface area contributed by atoms with Crippen LogP contribution in [0.1, 0.15) is 0 Å². The van der Waals surface area contributed by atoms with Crippen LogP contribution in [0.25, 0.3) is 222 Å². The van der Waals surface area contributed by atoms with Gasteiger partial charge < -0.3 is 17.7 Å². The number of nitrogens with zero attached hydrogens (tertiary/aromatic N) is 8. The van der Waals surface area contributed by atoms with Crippen molar-refractivity contribution in [1.82, 2.24) is 39.0 Å². The van der Waals surface area contributed by atoms with E-state index in [0.717, 1.165) is 176 Å². The van der Waals surface area contributed by atoms with Gasteiger partial charge in [0.25, 0.3) is 0 Å². The molecular formula is C90H50N8O4. The van der Waals surface area contributed by atoms with Gasteiger partial charge in [-0.15, -0.1) is 0 Å². The molecule has 0 atom stereocenters. The lowest BCUT2D eigenvalue weighted by Crippen LogP contribution is -2.06. The Morgan fingerprint density at radius 2 is 0.569 bits per heavy atom. The van der Waals surface area contributed by atoms with Crippen LogP contribution in [0, 0.1) is 0 Å². The van der Waals surface area contributed by atoms with E-state index in [1.165, 1.54) is 0 Å². The Morgan fingerprint density at radius 1 is 0.196 bits per heavy atom. The molecule has 0 spiro atoms. The summed E-state index contributed by atoms with van der Waals surface area (Å²) < 4.78 is 31.9. The minimum atomic E-state index is 0.474. The Bertz CT molecular complexity index is 7230. The Hall–Kier alpha value is -14.1. The van der Waals surface area contributed by atoms with Crippen LogP contribution in [0.4, 0.5) is 0 Å². The molecule has 0 fully saturated rings. The molecule has 0 saturated heterocycles. The second-order valence-electron chi connectivity index (χ2n) is 26.0. The molecule has 8 aromatic heterocycles. The highest BCUT2D eigenvalue weighted by atomic mass is 16.3. The Labute approximate surface area is 578 Å². The van der Waals surface area contributed by atoms with Crippen LogP contribution >= 0.6 is 0 Å². The molecule has 0 N–H and O–H groups in total. The summed E-state index contributed by atoms with van der Waals surface area (Å²) in [5, 5.41) is 12.3. The zero-order chi connectivity index (χ0) is 66.7. The van der Waals surface area contributed by atoms with E-state index in [2.05, 4.69) is 215 Å². The Balaban J connectivity index is 0.667. The van der Waals surface area contributed by atoms with Crippen molar-refractivity contribution in [2.24, 2.45) is 0 Å². The highest BCUT2D eigenvalue weighted by molar-refractivity contribution is 6.21. The molecule has 0 aliphatic rings. The molecule has 22 aromatic rings. The maximum atomic E-state index is 7.24. The van der Waals surface area contributed by atoms with Crippen molar-refractivity contribution in [3.8, 4) is 90.8 Å². The maximum Gasteiger partial charge on any atom is 0.238 e. The first-order chi connectivity index (χ1) is 50.6. The highest BCUT2D eigenvalue weighted by Gasteiger charge is 2.27. The molecule has 0 bridgehead atoms. The molecule has 0 amide bonds. The first-order valence-electron chi connectivity index (χ1n) is 34.0. The Morgan fingerprint density at radius 3 is 1.14 bits per heavy atom. The summed E-state index contributed by atoms with van der Waals surface area (Å²) in [5.74, 6) is 3.07. The van der Waals surface area contributed by atoms with Crippen LogP contribution in [0.5, 0.6) is 0 Å². The summed E-state index contributed by atoms with van der Waals surface area (Å²) in [6, 6.07) is 104. The van der Waals surface area contributed by atoms with Gasteiger partial charge >= 0.3 is 0 Å². The molecule has 8 heterocycles. The first kappa shape index (κ1) is 56.0. The molecule has 14 aromatic carbocycles. The molecule has 0 saturated carbocycles. The summed E-state index contributed by atoms with van der Waals surface area (Å²) in [5.41, 5.74) is 19.1. The molecule has 0 aliphatic heterocycles. The topological polar surface area (TPSA) is 140 Å². The number of aromatic nitrogens is 8. The van der Waals surface area contributed by atoms with E-state index in [1.54, 1.807) is 0 Å². The van der Waals surface area contributed by atoms with Gasteiger partial charge in [-0.2, -0.15) is 19.9 Å². The monoisotopic (exact) mass is 1310 g/mol. The fourth-order valence-electron chi connectivity index (χ4n) is 15.7. The minimum Gasteiger partial charge on any atom is -0.456 e. The van der Waals surface area contributed by atoms with Crippen molar-refractivity contribution < 1.29 is 17.7 Å². The van der Waals surface area contributed by atoms with Crippen molar-refractivity contribution in [2.75, 3.05) is 0 Å². The van der Waals surface area contributed by atoms with Crippen LogP contribution in [0.2, 0.25) is 0 Å². The number of hydrogen-bond donors (Lipinski definition) is 0. The third-order valence-corrected chi connectivity index (χ3v) is 20.3. The van der Waals surface area contributed by atoms with E-state index >= 15 is 0 Å². The van der Waals surface area contributed by atoms with Gasteiger partial charge in [0.05, 0.1) is 33.2 Å². The average molecular weight is 1310 g/mol. The third-order valence-electron chi connectivity index (χ3n) is 20.3. The third kappa shape index (κ3) is 8.38. The van der Waals surface area contributed by atoms with E-state index in [0.29, 0.717) is 46.4 Å². The summed E-state index contributed by atoms with van der Waals surface area (Å²) in [4.78, 5) is 31.8. The van der Waals surface area contributed by atoms with Gasteiger partial charge in [0.1, 0.15) is 44.7 Å². The van der Waals surface area contributed by atoms with E-state index in [-0.39, 0.29) is 0 Å². The molecule has 12 nitrogen and oxygen atoms in total. The molecule has 0 unspecified atom stereocenters. The molecule has 12 heteroatoms.